The summed E-state index contributed by atoms with van der Waals surface area (Å²) >= 11 is 13.3. The van der Waals surface area contributed by atoms with Crippen LogP contribution in [-0.2, 0) is 6.42 Å². The third-order valence-electron chi connectivity index (χ3n) is 5.33. The van der Waals surface area contributed by atoms with E-state index in [1.54, 1.807) is 24.3 Å². The molecule has 0 radical (unpaired) electrons. The van der Waals surface area contributed by atoms with Crippen LogP contribution >= 0.6 is 34.5 Å². The number of rotatable bonds is 8. The first kappa shape index (κ1) is 21.9. The minimum Gasteiger partial charge on any atom is -0.493 e. The van der Waals surface area contributed by atoms with Crippen molar-refractivity contribution in [3.05, 3.63) is 50.1 Å². The first-order valence-corrected chi connectivity index (χ1v) is 10.9. The molecule has 2 aromatic rings. The molecule has 8 heteroatoms. The van der Waals surface area contributed by atoms with Crippen LogP contribution in [0.2, 0.25) is 10.0 Å². The lowest BCUT2D eigenvalue weighted by molar-refractivity contribution is 0.0701. The van der Waals surface area contributed by atoms with Crippen molar-refractivity contribution in [1.29, 1.82) is 5.26 Å². The van der Waals surface area contributed by atoms with E-state index in [1.807, 2.05) is 6.07 Å². The van der Waals surface area contributed by atoms with Crippen molar-refractivity contribution in [2.24, 2.45) is 17.8 Å². The van der Waals surface area contributed by atoms with Crippen molar-refractivity contribution < 1.29 is 19.7 Å². The van der Waals surface area contributed by atoms with Gasteiger partial charge in [-0.1, -0.05) is 23.2 Å². The molecule has 0 saturated heterocycles. The Hall–Kier alpha value is -1.78. The van der Waals surface area contributed by atoms with Gasteiger partial charge in [0.2, 0.25) is 0 Å². The lowest BCUT2D eigenvalue weighted by Crippen LogP contribution is -2.27. The fourth-order valence-electron chi connectivity index (χ4n) is 3.94. The number of benzene rings is 1. The predicted octanol–water partition coefficient (Wildman–Crippen LogP) is 5.29. The van der Waals surface area contributed by atoms with Crippen molar-refractivity contribution >= 4 is 40.5 Å². The monoisotopic (exact) mass is 453 g/mol. The van der Waals surface area contributed by atoms with Crippen LogP contribution in [0.1, 0.15) is 33.8 Å². The van der Waals surface area contributed by atoms with Crippen LogP contribution in [-0.4, -0.2) is 28.9 Å². The highest BCUT2D eigenvalue weighted by Gasteiger charge is 2.42. The highest BCUT2D eigenvalue weighted by Crippen LogP contribution is 2.41. The Balaban J connectivity index is 1.60. The molecule has 1 aromatic heterocycles. The number of ether oxygens (including phenoxy) is 1. The molecule has 5 nitrogen and oxygen atoms in total. The van der Waals surface area contributed by atoms with E-state index in [-0.39, 0.29) is 24.4 Å². The number of nitriles is 1. The number of thiophene rings is 1. The van der Waals surface area contributed by atoms with E-state index in [0.29, 0.717) is 27.1 Å². The maximum Gasteiger partial charge on any atom is 0.345 e. The fraction of sp³-hybridized carbons (Fsp3) is 0.429. The number of hydrogen-bond donors (Lipinski definition) is 2. The molecule has 2 N–H and O–H groups in total. The van der Waals surface area contributed by atoms with Crippen molar-refractivity contribution in [3.63, 3.8) is 0 Å². The standard InChI is InChI=1S/C21H21Cl2NO4S/c22-13-7-14(23)9-15(8-13)28-11-18-17(12(10-24)6-19(18)25)3-1-2-16-4-5-20(29-16)21(26)27/h4-5,7-9,12,17-19,25H,1-3,6,11H2,(H,26,27)/t12-,17+,18-,19-/m1/s1. The molecular formula is C21H21Cl2NO4S. The second-order valence-corrected chi connectivity index (χ2v) is 9.29. The van der Waals surface area contributed by atoms with E-state index >= 15 is 0 Å². The molecule has 1 heterocycles. The van der Waals surface area contributed by atoms with Gasteiger partial charge in [-0.05, 0) is 61.9 Å². The molecule has 0 aliphatic heterocycles. The van der Waals surface area contributed by atoms with Crippen LogP contribution in [0, 0.1) is 29.1 Å². The second kappa shape index (κ2) is 9.82. The minimum absolute atomic E-state index is 0.0172. The second-order valence-electron chi connectivity index (χ2n) is 7.25. The number of hydrogen-bond acceptors (Lipinski definition) is 5. The highest BCUT2D eigenvalue weighted by molar-refractivity contribution is 7.13. The topological polar surface area (TPSA) is 90.5 Å². The average molecular weight is 454 g/mol. The number of aliphatic hydroxyl groups excluding tert-OH is 1. The summed E-state index contributed by atoms with van der Waals surface area (Å²) in [4.78, 5) is 12.3. The van der Waals surface area contributed by atoms with Crippen molar-refractivity contribution in [2.45, 2.75) is 31.8 Å². The predicted molar refractivity (Wildman–Crippen MR) is 113 cm³/mol. The smallest absolute Gasteiger partial charge is 0.345 e. The number of carboxylic acid groups (broad SMARTS) is 1. The number of nitrogens with zero attached hydrogens (tertiary/aromatic N) is 1. The van der Waals surface area contributed by atoms with Crippen molar-refractivity contribution in [3.8, 4) is 11.8 Å². The van der Waals surface area contributed by atoms with Crippen LogP contribution in [0.4, 0.5) is 0 Å². The minimum atomic E-state index is -0.914. The molecule has 154 valence electrons. The summed E-state index contributed by atoms with van der Waals surface area (Å²) in [5.41, 5.74) is 0. The van der Waals surface area contributed by atoms with E-state index in [9.17, 15) is 15.2 Å². The van der Waals surface area contributed by atoms with Crippen molar-refractivity contribution in [2.75, 3.05) is 6.61 Å². The quantitative estimate of drug-likeness (QED) is 0.566. The lowest BCUT2D eigenvalue weighted by atomic mass is 9.85. The molecule has 1 saturated carbocycles. The van der Waals surface area contributed by atoms with Gasteiger partial charge in [-0.2, -0.15) is 5.26 Å². The summed E-state index contributed by atoms with van der Waals surface area (Å²) in [6.07, 6.45) is 2.17. The van der Waals surface area contributed by atoms with Crippen LogP contribution in [0.3, 0.4) is 0 Å². The van der Waals surface area contributed by atoms with Gasteiger partial charge in [-0.3, -0.25) is 0 Å². The van der Waals surface area contributed by atoms with E-state index in [4.69, 9.17) is 33.0 Å². The Morgan fingerprint density at radius 1 is 1.24 bits per heavy atom. The highest BCUT2D eigenvalue weighted by atomic mass is 35.5. The van der Waals surface area contributed by atoms with Gasteiger partial charge in [0.1, 0.15) is 10.6 Å². The van der Waals surface area contributed by atoms with Crippen LogP contribution < -0.4 is 4.74 Å². The fourth-order valence-corrected chi connectivity index (χ4v) is 5.33. The van der Waals surface area contributed by atoms with Gasteiger partial charge in [-0.25, -0.2) is 4.79 Å². The number of aromatic carboxylic acids is 1. The van der Waals surface area contributed by atoms with Gasteiger partial charge in [0.05, 0.1) is 24.7 Å². The summed E-state index contributed by atoms with van der Waals surface area (Å²) in [6, 6.07) is 10.7. The Morgan fingerprint density at radius 3 is 2.59 bits per heavy atom. The molecule has 0 amide bonds. The Morgan fingerprint density at radius 2 is 1.97 bits per heavy atom. The summed E-state index contributed by atoms with van der Waals surface area (Å²) in [7, 11) is 0. The number of carbonyl (C=O) groups is 1. The first-order chi connectivity index (χ1) is 13.9. The van der Waals surface area contributed by atoms with Gasteiger partial charge in [0, 0.05) is 20.8 Å². The summed E-state index contributed by atoms with van der Waals surface area (Å²) in [5, 5.41) is 30.0. The van der Waals surface area contributed by atoms with E-state index in [0.717, 1.165) is 24.1 Å². The molecule has 4 atom stereocenters. The summed E-state index contributed by atoms with van der Waals surface area (Å²) in [6.45, 7) is 0.281. The largest absolute Gasteiger partial charge is 0.493 e. The van der Waals surface area contributed by atoms with Gasteiger partial charge in [-0.15, -0.1) is 11.3 Å². The molecular weight excluding hydrogens is 433 g/mol. The zero-order valence-electron chi connectivity index (χ0n) is 15.6. The SMILES string of the molecule is N#C[C@H]1C[C@@H](O)[C@H](COc2cc(Cl)cc(Cl)c2)[C@H]1CCCc1ccc(C(=O)O)s1. The molecule has 0 unspecified atom stereocenters. The van der Waals surface area contributed by atoms with Crippen LogP contribution in [0.15, 0.2) is 30.3 Å². The van der Waals surface area contributed by atoms with Gasteiger partial charge in [0.15, 0.2) is 0 Å². The van der Waals surface area contributed by atoms with E-state index in [2.05, 4.69) is 6.07 Å². The number of aliphatic hydroxyl groups is 1. The molecule has 0 spiro atoms. The lowest BCUT2D eigenvalue weighted by Gasteiger charge is -2.23. The third kappa shape index (κ3) is 5.64. The third-order valence-corrected chi connectivity index (χ3v) is 6.90. The number of aryl methyl sites for hydroxylation is 1. The van der Waals surface area contributed by atoms with Gasteiger partial charge < -0.3 is 14.9 Å². The van der Waals surface area contributed by atoms with Gasteiger partial charge in [0.25, 0.3) is 0 Å². The molecule has 1 aliphatic carbocycles. The Kier molecular flexibility index (Phi) is 7.42. The molecule has 3 rings (SSSR count). The van der Waals surface area contributed by atoms with E-state index in [1.165, 1.54) is 11.3 Å². The zero-order valence-corrected chi connectivity index (χ0v) is 17.9. The molecule has 1 aliphatic rings. The maximum atomic E-state index is 11.0. The Bertz CT molecular complexity index is 890. The van der Waals surface area contributed by atoms with Crippen LogP contribution in [0.5, 0.6) is 5.75 Å². The van der Waals surface area contributed by atoms with Crippen LogP contribution in [0.25, 0.3) is 0 Å². The molecule has 1 aromatic carbocycles. The van der Waals surface area contributed by atoms with Gasteiger partial charge >= 0.3 is 5.97 Å². The maximum absolute atomic E-state index is 11.0. The summed E-state index contributed by atoms with van der Waals surface area (Å²) in [5.74, 6) is -0.741. The molecule has 0 bridgehead atoms. The molecule has 1 fully saturated rings. The van der Waals surface area contributed by atoms with Crippen molar-refractivity contribution in [1.82, 2.24) is 0 Å². The first-order valence-electron chi connectivity index (χ1n) is 9.36. The zero-order chi connectivity index (χ0) is 21.0. The number of halogens is 2. The molecule has 29 heavy (non-hydrogen) atoms. The number of carboxylic acids is 1. The van der Waals surface area contributed by atoms with E-state index < -0.39 is 12.1 Å². The summed E-state index contributed by atoms with van der Waals surface area (Å²) < 4.78 is 5.84. The average Bonchev–Trinajstić information content (AvgIpc) is 3.24. The normalized spacial score (nSPS) is 23.7. The Labute approximate surface area is 183 Å².